The fraction of sp³-hybridized carbons (Fsp3) is 0.933. The van der Waals surface area contributed by atoms with Gasteiger partial charge in [0.2, 0.25) is 5.91 Å². The number of rotatable bonds is 4. The van der Waals surface area contributed by atoms with Crippen LogP contribution in [0.15, 0.2) is 0 Å². The molecule has 5 nitrogen and oxygen atoms in total. The number of carbonyl (C=O) groups excluding carboxylic acids is 1. The number of amides is 1. The average Bonchev–Trinajstić information content (AvgIpc) is 2.89. The van der Waals surface area contributed by atoms with Gasteiger partial charge < -0.3 is 4.90 Å². The maximum atomic E-state index is 12.9. The van der Waals surface area contributed by atoms with Crippen molar-refractivity contribution in [2.75, 3.05) is 12.8 Å². The highest BCUT2D eigenvalue weighted by molar-refractivity contribution is 7.92. The Morgan fingerprint density at radius 1 is 1.33 bits per heavy atom. The Hall–Kier alpha value is -0.620. The van der Waals surface area contributed by atoms with Crippen molar-refractivity contribution in [2.45, 2.75) is 69.8 Å². The van der Waals surface area contributed by atoms with Crippen LogP contribution in [0.1, 0.15) is 53.4 Å². The third kappa shape index (κ3) is 2.84. The Labute approximate surface area is 128 Å². The molecule has 1 atom stereocenters. The molecule has 1 aliphatic heterocycles. The first-order valence-corrected chi connectivity index (χ1v) is 9.68. The van der Waals surface area contributed by atoms with Crippen LogP contribution in [0.4, 0.5) is 0 Å². The number of hydrogen-bond donors (Lipinski definition) is 1. The maximum Gasteiger partial charge on any atom is 0.244 e. The van der Waals surface area contributed by atoms with Gasteiger partial charge in [0.25, 0.3) is 0 Å². The lowest BCUT2D eigenvalue weighted by Crippen LogP contribution is -2.50. The van der Waals surface area contributed by atoms with Gasteiger partial charge in [-0.1, -0.05) is 26.7 Å². The molecule has 1 unspecified atom stereocenters. The Bertz CT molecular complexity index is 519. The molecule has 122 valence electrons. The van der Waals surface area contributed by atoms with E-state index in [9.17, 15) is 13.2 Å². The van der Waals surface area contributed by atoms with Crippen molar-refractivity contribution in [1.82, 2.24) is 10.2 Å². The summed E-state index contributed by atoms with van der Waals surface area (Å²) in [4.78, 5) is 14.7. The molecule has 1 spiro atoms. The summed E-state index contributed by atoms with van der Waals surface area (Å²) in [5, 5.41) is 3.52. The molecule has 1 N–H and O–H groups in total. The SMILES string of the molecule is CC(C)C1NC2(CCCC2)C(=O)N1CC(C)(C)S(C)(=O)=O. The maximum absolute atomic E-state index is 12.9. The van der Waals surface area contributed by atoms with E-state index in [4.69, 9.17) is 0 Å². The van der Waals surface area contributed by atoms with Crippen molar-refractivity contribution >= 4 is 15.7 Å². The first kappa shape index (κ1) is 16.7. The van der Waals surface area contributed by atoms with E-state index in [0.717, 1.165) is 25.7 Å². The minimum atomic E-state index is -3.22. The minimum Gasteiger partial charge on any atom is -0.324 e. The van der Waals surface area contributed by atoms with Gasteiger partial charge in [-0.2, -0.15) is 0 Å². The Balaban J connectivity index is 2.30. The summed E-state index contributed by atoms with van der Waals surface area (Å²) in [7, 11) is -3.22. The molecule has 0 bridgehead atoms. The lowest BCUT2D eigenvalue weighted by molar-refractivity contribution is -0.133. The molecule has 1 amide bonds. The van der Waals surface area contributed by atoms with Gasteiger partial charge in [0.05, 0.1) is 16.5 Å². The zero-order chi connectivity index (χ0) is 16.1. The number of nitrogens with one attached hydrogen (secondary N) is 1. The average molecular weight is 316 g/mol. The van der Waals surface area contributed by atoms with Gasteiger partial charge in [-0.15, -0.1) is 0 Å². The molecule has 1 saturated carbocycles. The smallest absolute Gasteiger partial charge is 0.244 e. The normalized spacial score (nSPS) is 26.3. The molecule has 2 rings (SSSR count). The van der Waals surface area contributed by atoms with Crippen LogP contribution in [0.3, 0.4) is 0 Å². The summed E-state index contributed by atoms with van der Waals surface area (Å²) in [6.07, 6.45) is 5.03. The van der Waals surface area contributed by atoms with Crippen LogP contribution in [0, 0.1) is 5.92 Å². The van der Waals surface area contributed by atoms with Crippen LogP contribution in [0.25, 0.3) is 0 Å². The summed E-state index contributed by atoms with van der Waals surface area (Å²) in [5.74, 6) is 0.347. The number of sulfone groups is 1. The highest BCUT2D eigenvalue weighted by atomic mass is 32.2. The standard InChI is InChI=1S/C15H28N2O3S/c1-11(2)12-16-15(8-6-7-9-15)13(18)17(12)10-14(3,4)21(5,19)20/h11-12,16H,6-10H2,1-5H3. The minimum absolute atomic E-state index is 0.0726. The van der Waals surface area contributed by atoms with Crippen LogP contribution < -0.4 is 5.32 Å². The molecule has 0 radical (unpaired) electrons. The van der Waals surface area contributed by atoms with Crippen molar-refractivity contribution in [3.8, 4) is 0 Å². The summed E-state index contributed by atoms with van der Waals surface area (Å²) < 4.78 is 23.0. The Morgan fingerprint density at radius 2 is 1.86 bits per heavy atom. The predicted octanol–water partition coefficient (Wildman–Crippen LogP) is 1.54. The summed E-state index contributed by atoms with van der Waals surface area (Å²) in [6.45, 7) is 7.79. The Kier molecular flexibility index (Phi) is 4.17. The Morgan fingerprint density at radius 3 is 2.29 bits per heavy atom. The second-order valence-corrected chi connectivity index (χ2v) is 10.2. The fourth-order valence-electron chi connectivity index (χ4n) is 3.38. The molecule has 21 heavy (non-hydrogen) atoms. The molecule has 1 heterocycles. The monoisotopic (exact) mass is 316 g/mol. The molecular weight excluding hydrogens is 288 g/mol. The summed E-state index contributed by atoms with van der Waals surface area (Å²) >= 11 is 0. The van der Waals surface area contributed by atoms with Crippen LogP contribution >= 0.6 is 0 Å². The first-order chi connectivity index (χ1) is 9.50. The van der Waals surface area contributed by atoms with Crippen molar-refractivity contribution in [3.05, 3.63) is 0 Å². The van der Waals surface area contributed by atoms with Crippen LogP contribution in [-0.4, -0.2) is 48.5 Å². The number of hydrogen-bond acceptors (Lipinski definition) is 4. The zero-order valence-electron chi connectivity index (χ0n) is 13.8. The fourth-order valence-corrected chi connectivity index (χ4v) is 3.76. The largest absolute Gasteiger partial charge is 0.324 e. The van der Waals surface area contributed by atoms with E-state index in [1.165, 1.54) is 6.26 Å². The van der Waals surface area contributed by atoms with E-state index in [1.807, 2.05) is 0 Å². The van der Waals surface area contributed by atoms with Gasteiger partial charge in [0, 0.05) is 12.8 Å². The van der Waals surface area contributed by atoms with Gasteiger partial charge >= 0.3 is 0 Å². The number of nitrogens with zero attached hydrogens (tertiary/aromatic N) is 1. The van der Waals surface area contributed by atoms with Crippen molar-refractivity contribution < 1.29 is 13.2 Å². The third-order valence-corrected chi connectivity index (χ3v) is 7.21. The van der Waals surface area contributed by atoms with Gasteiger partial charge in [-0.3, -0.25) is 10.1 Å². The lowest BCUT2D eigenvalue weighted by atomic mass is 9.97. The van der Waals surface area contributed by atoms with Crippen molar-refractivity contribution in [1.29, 1.82) is 0 Å². The molecular formula is C15H28N2O3S. The second-order valence-electron chi connectivity index (χ2n) is 7.59. The zero-order valence-corrected chi connectivity index (χ0v) is 14.6. The molecule has 0 aromatic rings. The van der Waals surface area contributed by atoms with E-state index in [0.29, 0.717) is 0 Å². The van der Waals surface area contributed by atoms with Crippen LogP contribution in [-0.2, 0) is 14.6 Å². The van der Waals surface area contributed by atoms with Crippen molar-refractivity contribution in [3.63, 3.8) is 0 Å². The molecule has 6 heteroatoms. The first-order valence-electron chi connectivity index (χ1n) is 7.79. The molecule has 2 aliphatic rings. The van der Waals surface area contributed by atoms with Gasteiger partial charge in [0.15, 0.2) is 9.84 Å². The number of carbonyl (C=O) groups is 1. The third-order valence-electron chi connectivity index (χ3n) is 5.07. The van der Waals surface area contributed by atoms with E-state index in [-0.39, 0.29) is 24.5 Å². The molecule has 0 aromatic heterocycles. The molecule has 2 fully saturated rings. The summed E-state index contributed by atoms with van der Waals surface area (Å²) in [6, 6.07) is 0. The highest BCUT2D eigenvalue weighted by Gasteiger charge is 2.54. The van der Waals surface area contributed by atoms with E-state index >= 15 is 0 Å². The summed E-state index contributed by atoms with van der Waals surface area (Å²) in [5.41, 5.74) is -0.442. The second kappa shape index (κ2) is 5.23. The highest BCUT2D eigenvalue weighted by Crippen LogP contribution is 2.38. The van der Waals surface area contributed by atoms with Gasteiger partial charge in [0.1, 0.15) is 0 Å². The molecule has 1 aliphatic carbocycles. The molecule has 1 saturated heterocycles. The van der Waals surface area contributed by atoms with Crippen molar-refractivity contribution in [2.24, 2.45) is 5.92 Å². The van der Waals surface area contributed by atoms with E-state index in [1.54, 1.807) is 18.7 Å². The van der Waals surface area contributed by atoms with E-state index in [2.05, 4.69) is 19.2 Å². The van der Waals surface area contributed by atoms with Gasteiger partial charge in [-0.05, 0) is 32.6 Å². The quantitative estimate of drug-likeness (QED) is 0.854. The topological polar surface area (TPSA) is 66.5 Å². The van der Waals surface area contributed by atoms with Crippen LogP contribution in [0.5, 0.6) is 0 Å². The van der Waals surface area contributed by atoms with Crippen LogP contribution in [0.2, 0.25) is 0 Å². The van der Waals surface area contributed by atoms with E-state index < -0.39 is 20.1 Å². The van der Waals surface area contributed by atoms with Gasteiger partial charge in [-0.25, -0.2) is 8.42 Å². The lowest BCUT2D eigenvalue weighted by Gasteiger charge is -2.33. The predicted molar refractivity (Wildman–Crippen MR) is 83.6 cm³/mol. The molecule has 0 aromatic carbocycles.